The molecule has 1 unspecified atom stereocenters. The van der Waals surface area contributed by atoms with E-state index in [1.807, 2.05) is 6.08 Å². The van der Waals surface area contributed by atoms with Crippen molar-refractivity contribution >= 4 is 17.9 Å². The molecule has 25 heavy (non-hydrogen) atoms. The maximum Gasteiger partial charge on any atom is 0.225 e. The summed E-state index contributed by atoms with van der Waals surface area (Å²) in [6.07, 6.45) is 3.92. The van der Waals surface area contributed by atoms with Crippen molar-refractivity contribution in [3.05, 3.63) is 41.5 Å². The van der Waals surface area contributed by atoms with Crippen molar-refractivity contribution in [3.63, 3.8) is 0 Å². The van der Waals surface area contributed by atoms with Gasteiger partial charge in [0.1, 0.15) is 0 Å². The Kier molecular flexibility index (Phi) is 5.13. The SMILES string of the molecule is CNC(=O)C1CC(=O)N(C2CN(C/C=C/c3ccc(F)c(F)c3)C2)C1. The van der Waals surface area contributed by atoms with Crippen LogP contribution in [0, 0.1) is 17.6 Å². The van der Waals surface area contributed by atoms with E-state index < -0.39 is 11.6 Å². The second kappa shape index (κ2) is 7.31. The molecule has 2 heterocycles. The van der Waals surface area contributed by atoms with Crippen LogP contribution in [-0.4, -0.2) is 60.9 Å². The molecule has 2 aliphatic heterocycles. The van der Waals surface area contributed by atoms with Gasteiger partial charge in [-0.2, -0.15) is 0 Å². The highest BCUT2D eigenvalue weighted by Gasteiger charge is 2.41. The first-order chi connectivity index (χ1) is 12.0. The molecule has 7 heteroatoms. The number of carbonyl (C=O) groups excluding carboxylic acids is 2. The van der Waals surface area contributed by atoms with Crippen LogP contribution < -0.4 is 5.32 Å². The number of halogens is 2. The van der Waals surface area contributed by atoms with E-state index >= 15 is 0 Å². The van der Waals surface area contributed by atoms with Gasteiger partial charge in [0.05, 0.1) is 12.0 Å². The van der Waals surface area contributed by atoms with Crippen molar-refractivity contribution in [1.29, 1.82) is 0 Å². The Labute approximate surface area is 145 Å². The molecule has 0 radical (unpaired) electrons. The van der Waals surface area contributed by atoms with Crippen molar-refractivity contribution < 1.29 is 18.4 Å². The van der Waals surface area contributed by atoms with Crippen LogP contribution in [0.15, 0.2) is 24.3 Å². The third-order valence-electron chi connectivity index (χ3n) is 4.77. The van der Waals surface area contributed by atoms with E-state index in [1.165, 1.54) is 6.07 Å². The first-order valence-electron chi connectivity index (χ1n) is 8.33. The van der Waals surface area contributed by atoms with Crippen molar-refractivity contribution in [2.24, 2.45) is 5.92 Å². The molecule has 1 atom stereocenters. The van der Waals surface area contributed by atoms with Gasteiger partial charge in [0.2, 0.25) is 11.8 Å². The zero-order valence-electron chi connectivity index (χ0n) is 14.0. The average Bonchev–Trinajstić information content (AvgIpc) is 2.93. The van der Waals surface area contributed by atoms with Gasteiger partial charge in [-0.25, -0.2) is 8.78 Å². The lowest BCUT2D eigenvalue weighted by atomic mass is 10.1. The second-order valence-electron chi connectivity index (χ2n) is 6.51. The molecule has 2 aliphatic rings. The number of hydrogen-bond donors (Lipinski definition) is 1. The standard InChI is InChI=1S/C18H21F2N3O2/c1-21-18(25)13-8-17(24)23(9-13)14-10-22(11-14)6-2-3-12-4-5-15(19)16(20)7-12/h2-5,7,13-14H,6,8-11H2,1H3,(H,21,25)/b3-2+. The Morgan fingerprint density at radius 1 is 1.28 bits per heavy atom. The summed E-state index contributed by atoms with van der Waals surface area (Å²) in [6, 6.07) is 3.94. The third-order valence-corrected chi connectivity index (χ3v) is 4.77. The number of amides is 2. The fourth-order valence-electron chi connectivity index (χ4n) is 3.31. The van der Waals surface area contributed by atoms with Crippen LogP contribution in [0.5, 0.6) is 0 Å². The number of hydrogen-bond acceptors (Lipinski definition) is 3. The molecule has 0 bridgehead atoms. The van der Waals surface area contributed by atoms with Gasteiger partial charge in [0, 0.05) is 39.6 Å². The molecule has 1 N–H and O–H groups in total. The number of nitrogens with zero attached hydrogens (tertiary/aromatic N) is 2. The van der Waals surface area contributed by atoms with Crippen LogP contribution in [0.3, 0.4) is 0 Å². The minimum absolute atomic E-state index is 0.0376. The van der Waals surface area contributed by atoms with E-state index in [1.54, 1.807) is 18.0 Å². The second-order valence-corrected chi connectivity index (χ2v) is 6.51. The molecular formula is C18H21F2N3O2. The van der Waals surface area contributed by atoms with Crippen LogP contribution in [0.2, 0.25) is 0 Å². The lowest BCUT2D eigenvalue weighted by molar-refractivity contribution is -0.132. The quantitative estimate of drug-likeness (QED) is 0.871. The highest BCUT2D eigenvalue weighted by molar-refractivity contribution is 5.89. The predicted molar refractivity (Wildman–Crippen MR) is 89.5 cm³/mol. The minimum Gasteiger partial charge on any atom is -0.359 e. The molecule has 0 aromatic heterocycles. The van der Waals surface area contributed by atoms with Crippen LogP contribution in [0.25, 0.3) is 6.08 Å². The zero-order valence-corrected chi connectivity index (χ0v) is 14.0. The highest BCUT2D eigenvalue weighted by Crippen LogP contribution is 2.25. The predicted octanol–water partition coefficient (Wildman–Crippen LogP) is 1.26. The molecule has 0 aliphatic carbocycles. The fourth-order valence-corrected chi connectivity index (χ4v) is 3.31. The van der Waals surface area contributed by atoms with Gasteiger partial charge >= 0.3 is 0 Å². The van der Waals surface area contributed by atoms with Gasteiger partial charge in [-0.05, 0) is 17.7 Å². The van der Waals surface area contributed by atoms with E-state index in [-0.39, 0.29) is 30.2 Å². The smallest absolute Gasteiger partial charge is 0.225 e. The fraction of sp³-hybridized carbons (Fsp3) is 0.444. The number of rotatable bonds is 5. The van der Waals surface area contributed by atoms with Crippen LogP contribution >= 0.6 is 0 Å². The lowest BCUT2D eigenvalue weighted by Gasteiger charge is -2.43. The van der Waals surface area contributed by atoms with Crippen molar-refractivity contribution in [3.8, 4) is 0 Å². The molecule has 0 spiro atoms. The van der Waals surface area contributed by atoms with Gasteiger partial charge in [0.15, 0.2) is 11.6 Å². The van der Waals surface area contributed by atoms with Crippen LogP contribution in [0.1, 0.15) is 12.0 Å². The Morgan fingerprint density at radius 2 is 2.04 bits per heavy atom. The first-order valence-corrected chi connectivity index (χ1v) is 8.33. The maximum absolute atomic E-state index is 13.1. The van der Waals surface area contributed by atoms with E-state index in [4.69, 9.17) is 0 Å². The minimum atomic E-state index is -0.857. The van der Waals surface area contributed by atoms with Crippen LogP contribution in [0.4, 0.5) is 8.78 Å². The van der Waals surface area contributed by atoms with Gasteiger partial charge in [-0.15, -0.1) is 0 Å². The van der Waals surface area contributed by atoms with Gasteiger partial charge in [-0.1, -0.05) is 18.2 Å². The number of likely N-dealkylation sites (tertiary alicyclic amines) is 2. The molecule has 3 rings (SSSR count). The molecule has 5 nitrogen and oxygen atoms in total. The summed E-state index contributed by atoms with van der Waals surface area (Å²) < 4.78 is 26.0. The molecule has 2 saturated heterocycles. The third kappa shape index (κ3) is 3.87. The molecule has 2 fully saturated rings. The summed E-state index contributed by atoms with van der Waals surface area (Å²) in [6.45, 7) is 2.68. The van der Waals surface area contributed by atoms with Gasteiger partial charge < -0.3 is 10.2 Å². The molecule has 1 aromatic rings. The summed E-state index contributed by atoms with van der Waals surface area (Å²) in [5, 5.41) is 2.60. The monoisotopic (exact) mass is 349 g/mol. The van der Waals surface area contributed by atoms with E-state index in [0.717, 1.165) is 25.2 Å². The average molecular weight is 349 g/mol. The Balaban J connectivity index is 1.45. The summed E-state index contributed by atoms with van der Waals surface area (Å²) >= 11 is 0. The normalized spacial score (nSPS) is 21.8. The maximum atomic E-state index is 13.1. The molecule has 0 saturated carbocycles. The number of benzene rings is 1. The molecular weight excluding hydrogens is 328 g/mol. The topological polar surface area (TPSA) is 52.7 Å². The van der Waals surface area contributed by atoms with E-state index in [2.05, 4.69) is 10.2 Å². The first kappa shape index (κ1) is 17.5. The summed E-state index contributed by atoms with van der Waals surface area (Å²) in [4.78, 5) is 27.7. The van der Waals surface area contributed by atoms with Crippen molar-refractivity contribution in [1.82, 2.24) is 15.1 Å². The van der Waals surface area contributed by atoms with E-state index in [9.17, 15) is 18.4 Å². The Hall–Kier alpha value is -2.28. The summed E-state index contributed by atoms with van der Waals surface area (Å²) in [5.74, 6) is -2.01. The van der Waals surface area contributed by atoms with Crippen molar-refractivity contribution in [2.75, 3.05) is 33.2 Å². The lowest BCUT2D eigenvalue weighted by Crippen LogP contribution is -2.59. The molecule has 1 aromatic carbocycles. The summed E-state index contributed by atoms with van der Waals surface area (Å²) in [7, 11) is 1.58. The largest absolute Gasteiger partial charge is 0.359 e. The molecule has 2 amide bonds. The van der Waals surface area contributed by atoms with Gasteiger partial charge in [0.25, 0.3) is 0 Å². The van der Waals surface area contributed by atoms with Crippen LogP contribution in [-0.2, 0) is 9.59 Å². The van der Waals surface area contributed by atoms with E-state index in [0.29, 0.717) is 18.7 Å². The highest BCUT2D eigenvalue weighted by atomic mass is 19.2. The zero-order chi connectivity index (χ0) is 18.0. The van der Waals surface area contributed by atoms with Gasteiger partial charge in [-0.3, -0.25) is 14.5 Å². The molecule has 134 valence electrons. The Bertz CT molecular complexity index is 702. The number of nitrogens with one attached hydrogen (secondary N) is 1. The number of carbonyl (C=O) groups is 2. The van der Waals surface area contributed by atoms with Crippen molar-refractivity contribution in [2.45, 2.75) is 12.5 Å². The Morgan fingerprint density at radius 3 is 2.72 bits per heavy atom. The summed E-state index contributed by atoms with van der Waals surface area (Å²) in [5.41, 5.74) is 0.610.